The number of nitrogens with one attached hydrogen (secondary N) is 2. The highest BCUT2D eigenvalue weighted by Crippen LogP contribution is 2.40. The molecule has 0 aliphatic carbocycles. The number of alkyl halides is 3. The van der Waals surface area contributed by atoms with Gasteiger partial charge in [0.25, 0.3) is 0 Å². The summed E-state index contributed by atoms with van der Waals surface area (Å²) in [4.78, 5) is 12.5. The highest BCUT2D eigenvalue weighted by Gasteiger charge is 2.37. The molecular weight excluding hydrogens is 409 g/mol. The standard InChI is InChI=1S/C23H27F3N2O3/c1-16-6-7-20(30-2)19(12-16)22(8-10-31-11-9-22)15-28-21(29)14-27-18-5-3-4-17(13-18)23(24,25)26/h3-7,12-13,27H,8-11,14-15H2,1-2H3,(H,28,29). The van der Waals surface area contributed by atoms with Crippen LogP contribution >= 0.6 is 0 Å². The number of amides is 1. The fourth-order valence-electron chi connectivity index (χ4n) is 3.86. The molecule has 2 aromatic carbocycles. The molecule has 1 amide bonds. The van der Waals surface area contributed by atoms with Crippen molar-refractivity contribution in [3.63, 3.8) is 0 Å². The van der Waals surface area contributed by atoms with E-state index in [-0.39, 0.29) is 23.6 Å². The van der Waals surface area contributed by atoms with Crippen LogP contribution in [0.25, 0.3) is 0 Å². The predicted molar refractivity (Wildman–Crippen MR) is 112 cm³/mol. The summed E-state index contributed by atoms with van der Waals surface area (Å²) in [6.45, 7) is 3.43. The van der Waals surface area contributed by atoms with Gasteiger partial charge in [0.05, 0.1) is 19.2 Å². The number of hydrogen-bond acceptors (Lipinski definition) is 4. The zero-order valence-corrected chi connectivity index (χ0v) is 17.6. The second-order valence-electron chi connectivity index (χ2n) is 7.81. The Labute approximate surface area is 179 Å². The predicted octanol–water partition coefficient (Wildman–Crippen LogP) is 4.30. The molecule has 0 saturated carbocycles. The average Bonchev–Trinajstić information content (AvgIpc) is 2.76. The van der Waals surface area contributed by atoms with E-state index in [1.54, 1.807) is 7.11 Å². The Balaban J connectivity index is 1.67. The van der Waals surface area contributed by atoms with Crippen LogP contribution in [0.3, 0.4) is 0 Å². The topological polar surface area (TPSA) is 59.6 Å². The van der Waals surface area contributed by atoms with E-state index in [4.69, 9.17) is 9.47 Å². The van der Waals surface area contributed by atoms with Crippen LogP contribution in [0, 0.1) is 6.92 Å². The van der Waals surface area contributed by atoms with Crippen molar-refractivity contribution in [2.45, 2.75) is 31.4 Å². The molecule has 3 rings (SSSR count). The first-order valence-corrected chi connectivity index (χ1v) is 10.1. The number of rotatable bonds is 7. The van der Waals surface area contributed by atoms with Crippen LogP contribution in [0.4, 0.5) is 18.9 Å². The maximum Gasteiger partial charge on any atom is 0.416 e. The molecule has 1 fully saturated rings. The molecular formula is C23H27F3N2O3. The summed E-state index contributed by atoms with van der Waals surface area (Å²) >= 11 is 0. The van der Waals surface area contributed by atoms with Crippen LogP contribution < -0.4 is 15.4 Å². The first kappa shape index (κ1) is 22.9. The summed E-state index contributed by atoms with van der Waals surface area (Å²) in [5.41, 5.74) is 1.28. The summed E-state index contributed by atoms with van der Waals surface area (Å²) in [6.07, 6.45) is -2.97. The van der Waals surface area contributed by atoms with Crippen LogP contribution in [-0.2, 0) is 21.1 Å². The van der Waals surface area contributed by atoms with Crippen molar-refractivity contribution in [3.8, 4) is 5.75 Å². The fraction of sp³-hybridized carbons (Fsp3) is 0.435. The number of ether oxygens (including phenoxy) is 2. The van der Waals surface area contributed by atoms with E-state index < -0.39 is 11.7 Å². The van der Waals surface area contributed by atoms with Crippen molar-refractivity contribution in [1.82, 2.24) is 5.32 Å². The first-order chi connectivity index (χ1) is 14.7. The molecule has 1 saturated heterocycles. The van der Waals surface area contributed by atoms with Gasteiger partial charge in [0.2, 0.25) is 5.91 Å². The Hall–Kier alpha value is -2.74. The molecule has 0 bridgehead atoms. The minimum absolute atomic E-state index is 0.126. The number of carbonyl (C=O) groups excluding carboxylic acids is 1. The molecule has 31 heavy (non-hydrogen) atoms. The summed E-state index contributed by atoms with van der Waals surface area (Å²) < 4.78 is 49.7. The third-order valence-corrected chi connectivity index (χ3v) is 5.64. The molecule has 0 radical (unpaired) electrons. The van der Waals surface area contributed by atoms with Gasteiger partial charge >= 0.3 is 6.18 Å². The quantitative estimate of drug-likeness (QED) is 0.680. The van der Waals surface area contributed by atoms with E-state index in [0.717, 1.165) is 41.9 Å². The van der Waals surface area contributed by atoms with Crippen LogP contribution in [0.2, 0.25) is 0 Å². The monoisotopic (exact) mass is 436 g/mol. The molecule has 1 heterocycles. The van der Waals surface area contributed by atoms with E-state index in [9.17, 15) is 18.0 Å². The molecule has 8 heteroatoms. The Bertz CT molecular complexity index is 909. The number of benzene rings is 2. The van der Waals surface area contributed by atoms with Crippen LogP contribution in [0.1, 0.15) is 29.5 Å². The zero-order valence-electron chi connectivity index (χ0n) is 17.6. The summed E-state index contributed by atoms with van der Waals surface area (Å²) in [5.74, 6) is 0.471. The summed E-state index contributed by atoms with van der Waals surface area (Å²) in [6, 6.07) is 10.8. The molecule has 2 aromatic rings. The minimum atomic E-state index is -4.43. The lowest BCUT2D eigenvalue weighted by Crippen LogP contribution is -2.46. The van der Waals surface area contributed by atoms with Gasteiger partial charge in [0.1, 0.15) is 5.75 Å². The fourth-order valence-corrected chi connectivity index (χ4v) is 3.86. The lowest BCUT2D eigenvalue weighted by atomic mass is 9.73. The van der Waals surface area contributed by atoms with Crippen molar-refractivity contribution < 1.29 is 27.4 Å². The number of aryl methyl sites for hydroxylation is 1. The van der Waals surface area contributed by atoms with Gasteiger partial charge in [-0.05, 0) is 44.0 Å². The summed E-state index contributed by atoms with van der Waals surface area (Å²) in [7, 11) is 1.62. The smallest absolute Gasteiger partial charge is 0.416 e. The molecule has 1 aliphatic rings. The SMILES string of the molecule is COc1ccc(C)cc1C1(CNC(=O)CNc2cccc(C(F)(F)F)c2)CCOCC1. The highest BCUT2D eigenvalue weighted by atomic mass is 19.4. The molecule has 1 aliphatic heterocycles. The van der Waals surface area contributed by atoms with Crippen LogP contribution in [0.15, 0.2) is 42.5 Å². The van der Waals surface area contributed by atoms with Crippen molar-refractivity contribution in [2.75, 3.05) is 38.7 Å². The molecule has 0 unspecified atom stereocenters. The van der Waals surface area contributed by atoms with Gasteiger partial charge in [-0.3, -0.25) is 4.79 Å². The molecule has 5 nitrogen and oxygen atoms in total. The van der Waals surface area contributed by atoms with Crippen molar-refractivity contribution in [3.05, 3.63) is 59.2 Å². The van der Waals surface area contributed by atoms with E-state index in [1.165, 1.54) is 12.1 Å². The molecule has 2 N–H and O–H groups in total. The second kappa shape index (κ2) is 9.60. The second-order valence-corrected chi connectivity index (χ2v) is 7.81. The Morgan fingerprint density at radius 3 is 2.58 bits per heavy atom. The zero-order chi connectivity index (χ0) is 22.5. The van der Waals surface area contributed by atoms with Gasteiger partial charge in [-0.15, -0.1) is 0 Å². The normalized spacial score (nSPS) is 15.9. The minimum Gasteiger partial charge on any atom is -0.496 e. The van der Waals surface area contributed by atoms with Gasteiger partial charge in [-0.1, -0.05) is 23.8 Å². The van der Waals surface area contributed by atoms with E-state index >= 15 is 0 Å². The Morgan fingerprint density at radius 1 is 1.16 bits per heavy atom. The molecule has 168 valence electrons. The number of carbonyl (C=O) groups is 1. The van der Waals surface area contributed by atoms with Crippen molar-refractivity contribution in [2.24, 2.45) is 0 Å². The van der Waals surface area contributed by atoms with Gasteiger partial charge in [0.15, 0.2) is 0 Å². The van der Waals surface area contributed by atoms with E-state index in [0.29, 0.717) is 19.8 Å². The Kier molecular flexibility index (Phi) is 7.10. The lowest BCUT2D eigenvalue weighted by molar-refractivity contribution is -0.137. The van der Waals surface area contributed by atoms with Crippen molar-refractivity contribution >= 4 is 11.6 Å². The maximum absolute atomic E-state index is 12.9. The van der Waals surface area contributed by atoms with Crippen LogP contribution in [0.5, 0.6) is 5.75 Å². The number of methoxy groups -OCH3 is 1. The van der Waals surface area contributed by atoms with Gasteiger partial charge < -0.3 is 20.1 Å². The number of anilines is 1. The molecule has 0 spiro atoms. The van der Waals surface area contributed by atoms with Gasteiger partial charge in [-0.25, -0.2) is 0 Å². The maximum atomic E-state index is 12.9. The van der Waals surface area contributed by atoms with Gasteiger partial charge in [-0.2, -0.15) is 13.2 Å². The Morgan fingerprint density at radius 2 is 1.90 bits per heavy atom. The third-order valence-electron chi connectivity index (χ3n) is 5.64. The lowest BCUT2D eigenvalue weighted by Gasteiger charge is -2.39. The largest absolute Gasteiger partial charge is 0.496 e. The average molecular weight is 436 g/mol. The first-order valence-electron chi connectivity index (χ1n) is 10.1. The molecule has 0 atom stereocenters. The van der Waals surface area contributed by atoms with Crippen LogP contribution in [-0.4, -0.2) is 39.3 Å². The van der Waals surface area contributed by atoms with Gasteiger partial charge in [0, 0.05) is 36.4 Å². The number of hydrogen-bond donors (Lipinski definition) is 2. The van der Waals surface area contributed by atoms with E-state index in [2.05, 4.69) is 16.7 Å². The third kappa shape index (κ3) is 5.70. The van der Waals surface area contributed by atoms with E-state index in [1.807, 2.05) is 19.1 Å². The highest BCUT2D eigenvalue weighted by molar-refractivity contribution is 5.80. The summed E-state index contributed by atoms with van der Waals surface area (Å²) in [5, 5.41) is 5.71. The number of halogens is 3. The molecule has 0 aromatic heterocycles. The van der Waals surface area contributed by atoms with Crippen molar-refractivity contribution in [1.29, 1.82) is 0 Å².